The third-order valence-corrected chi connectivity index (χ3v) is 4.42. The molecule has 2 aromatic rings. The van der Waals surface area contributed by atoms with Crippen LogP contribution < -0.4 is 15.4 Å². The number of nitrogens with one attached hydrogen (secondary N) is 2. The fourth-order valence-corrected chi connectivity index (χ4v) is 2.88. The maximum Gasteiger partial charge on any atom is 0.213 e. The molecule has 2 rings (SSSR count). The molecule has 0 atom stereocenters. The van der Waals surface area contributed by atoms with Crippen molar-refractivity contribution in [3.05, 3.63) is 40.0 Å². The van der Waals surface area contributed by atoms with Crippen LogP contribution in [0.1, 0.15) is 43.1 Å². The van der Waals surface area contributed by atoms with Crippen molar-refractivity contribution in [1.82, 2.24) is 20.6 Å². The summed E-state index contributed by atoms with van der Waals surface area (Å²) in [5.74, 6) is 1.42. The van der Waals surface area contributed by atoms with E-state index in [2.05, 4.69) is 39.4 Å². The normalized spacial score (nSPS) is 11.6. The number of aliphatic imine (C=N–C) groups is 1. The SMILES string of the molecule is CCNC(=NCc1ccc(OC(C)C)nc1)NCc1ncc(CC)s1. The molecule has 0 fully saturated rings. The van der Waals surface area contributed by atoms with E-state index in [0.29, 0.717) is 19.0 Å². The zero-order chi connectivity index (χ0) is 18.1. The van der Waals surface area contributed by atoms with E-state index in [1.807, 2.05) is 32.2 Å². The Balaban J connectivity index is 1.91. The summed E-state index contributed by atoms with van der Waals surface area (Å²) in [5, 5.41) is 7.64. The van der Waals surface area contributed by atoms with Gasteiger partial charge in [0.15, 0.2) is 5.96 Å². The van der Waals surface area contributed by atoms with Crippen LogP contribution in [0.4, 0.5) is 0 Å². The van der Waals surface area contributed by atoms with Crippen molar-refractivity contribution >= 4 is 17.3 Å². The molecule has 2 N–H and O–H groups in total. The van der Waals surface area contributed by atoms with Gasteiger partial charge in [0.1, 0.15) is 5.01 Å². The molecule has 6 nitrogen and oxygen atoms in total. The molecule has 0 saturated heterocycles. The van der Waals surface area contributed by atoms with Crippen molar-refractivity contribution in [3.8, 4) is 5.88 Å². The summed E-state index contributed by atoms with van der Waals surface area (Å²) >= 11 is 1.73. The number of guanidine groups is 1. The van der Waals surface area contributed by atoms with E-state index in [9.17, 15) is 0 Å². The largest absolute Gasteiger partial charge is 0.475 e. The van der Waals surface area contributed by atoms with Gasteiger partial charge in [0.05, 0.1) is 19.2 Å². The molecular weight excluding hydrogens is 334 g/mol. The van der Waals surface area contributed by atoms with Gasteiger partial charge in [-0.1, -0.05) is 13.0 Å². The van der Waals surface area contributed by atoms with Gasteiger partial charge in [-0.25, -0.2) is 15.0 Å². The molecule has 136 valence electrons. The number of pyridine rings is 1. The van der Waals surface area contributed by atoms with Crippen LogP contribution in [0.3, 0.4) is 0 Å². The van der Waals surface area contributed by atoms with E-state index < -0.39 is 0 Å². The third kappa shape index (κ3) is 6.70. The highest BCUT2D eigenvalue weighted by Gasteiger charge is 2.03. The summed E-state index contributed by atoms with van der Waals surface area (Å²) in [6.45, 7) is 10.2. The zero-order valence-electron chi connectivity index (χ0n) is 15.4. The molecule has 0 spiro atoms. The van der Waals surface area contributed by atoms with Gasteiger partial charge in [0, 0.05) is 29.9 Å². The lowest BCUT2D eigenvalue weighted by atomic mass is 10.3. The number of ether oxygens (including phenoxy) is 1. The summed E-state index contributed by atoms with van der Waals surface area (Å²) in [6.07, 6.45) is 4.90. The van der Waals surface area contributed by atoms with E-state index >= 15 is 0 Å². The van der Waals surface area contributed by atoms with E-state index in [1.165, 1.54) is 4.88 Å². The molecule has 0 aliphatic heterocycles. The van der Waals surface area contributed by atoms with Crippen molar-refractivity contribution in [2.24, 2.45) is 4.99 Å². The minimum atomic E-state index is 0.125. The van der Waals surface area contributed by atoms with Crippen LogP contribution in [0.25, 0.3) is 0 Å². The number of rotatable bonds is 8. The lowest BCUT2D eigenvalue weighted by molar-refractivity contribution is 0.232. The molecule has 25 heavy (non-hydrogen) atoms. The fourth-order valence-electron chi connectivity index (χ4n) is 2.08. The Hall–Kier alpha value is -2.15. The van der Waals surface area contributed by atoms with Gasteiger partial charge in [-0.3, -0.25) is 0 Å². The molecular formula is C18H27N5OS. The van der Waals surface area contributed by atoms with Crippen LogP contribution >= 0.6 is 11.3 Å². The molecule has 7 heteroatoms. The van der Waals surface area contributed by atoms with Gasteiger partial charge in [-0.15, -0.1) is 11.3 Å². The van der Waals surface area contributed by atoms with Crippen LogP contribution in [0.15, 0.2) is 29.5 Å². The van der Waals surface area contributed by atoms with E-state index in [1.54, 1.807) is 17.5 Å². The molecule has 0 aromatic carbocycles. The highest BCUT2D eigenvalue weighted by atomic mass is 32.1. The van der Waals surface area contributed by atoms with Gasteiger partial charge in [0.25, 0.3) is 0 Å². The molecule has 0 amide bonds. The Morgan fingerprint density at radius 2 is 2.04 bits per heavy atom. The minimum absolute atomic E-state index is 0.125. The van der Waals surface area contributed by atoms with E-state index in [4.69, 9.17) is 4.74 Å². The van der Waals surface area contributed by atoms with Crippen molar-refractivity contribution in [2.75, 3.05) is 6.54 Å². The maximum absolute atomic E-state index is 5.55. The van der Waals surface area contributed by atoms with Gasteiger partial charge in [-0.2, -0.15) is 0 Å². The molecule has 2 aromatic heterocycles. The Labute approximate surface area is 153 Å². The highest BCUT2D eigenvalue weighted by molar-refractivity contribution is 7.11. The Bertz CT molecular complexity index is 666. The van der Waals surface area contributed by atoms with Crippen LogP contribution in [0.2, 0.25) is 0 Å². The summed E-state index contributed by atoms with van der Waals surface area (Å²) in [4.78, 5) is 14.6. The first-order chi connectivity index (χ1) is 12.1. The summed E-state index contributed by atoms with van der Waals surface area (Å²) in [6, 6.07) is 3.87. The number of aryl methyl sites for hydroxylation is 1. The molecule has 0 radical (unpaired) electrons. The van der Waals surface area contributed by atoms with Crippen molar-refractivity contribution in [3.63, 3.8) is 0 Å². The standard InChI is InChI=1S/C18H27N5OS/c1-5-15-11-21-17(25-15)12-23-18(19-6-2)22-10-14-7-8-16(20-9-14)24-13(3)4/h7-9,11,13H,5-6,10,12H2,1-4H3,(H2,19,22,23). The number of thiazole rings is 1. The van der Waals surface area contributed by atoms with Crippen molar-refractivity contribution in [2.45, 2.75) is 53.3 Å². The molecule has 2 heterocycles. The monoisotopic (exact) mass is 361 g/mol. The second kappa shape index (κ2) is 9.98. The zero-order valence-corrected chi connectivity index (χ0v) is 16.2. The lowest BCUT2D eigenvalue weighted by Gasteiger charge is -2.10. The third-order valence-electron chi connectivity index (χ3n) is 3.27. The molecule has 0 saturated carbocycles. The van der Waals surface area contributed by atoms with E-state index in [0.717, 1.165) is 29.5 Å². The van der Waals surface area contributed by atoms with E-state index in [-0.39, 0.29) is 6.10 Å². The molecule has 0 bridgehead atoms. The van der Waals surface area contributed by atoms with Crippen LogP contribution in [-0.2, 0) is 19.5 Å². The number of aromatic nitrogens is 2. The fraction of sp³-hybridized carbons (Fsp3) is 0.500. The number of nitrogens with zero attached hydrogens (tertiary/aromatic N) is 3. The minimum Gasteiger partial charge on any atom is -0.475 e. The van der Waals surface area contributed by atoms with Gasteiger partial charge in [0.2, 0.25) is 5.88 Å². The predicted octanol–water partition coefficient (Wildman–Crippen LogP) is 3.14. The lowest BCUT2D eigenvalue weighted by Crippen LogP contribution is -2.36. The smallest absolute Gasteiger partial charge is 0.213 e. The second-order valence-electron chi connectivity index (χ2n) is 5.79. The average Bonchev–Trinajstić information content (AvgIpc) is 3.06. The Kier molecular flexibility index (Phi) is 7.66. The summed E-state index contributed by atoms with van der Waals surface area (Å²) in [7, 11) is 0. The van der Waals surface area contributed by atoms with Gasteiger partial charge >= 0.3 is 0 Å². The van der Waals surface area contributed by atoms with Crippen molar-refractivity contribution < 1.29 is 4.74 Å². The first-order valence-electron chi connectivity index (χ1n) is 8.68. The maximum atomic E-state index is 5.55. The summed E-state index contributed by atoms with van der Waals surface area (Å²) < 4.78 is 5.55. The van der Waals surface area contributed by atoms with Crippen LogP contribution in [0.5, 0.6) is 5.88 Å². The molecule has 0 aliphatic rings. The van der Waals surface area contributed by atoms with Crippen LogP contribution in [0, 0.1) is 0 Å². The first-order valence-corrected chi connectivity index (χ1v) is 9.49. The number of hydrogen-bond donors (Lipinski definition) is 2. The Morgan fingerprint density at radius 3 is 2.64 bits per heavy atom. The highest BCUT2D eigenvalue weighted by Crippen LogP contribution is 2.13. The predicted molar refractivity (Wildman–Crippen MR) is 103 cm³/mol. The summed E-state index contributed by atoms with van der Waals surface area (Å²) in [5.41, 5.74) is 1.04. The topological polar surface area (TPSA) is 71.4 Å². The second-order valence-corrected chi connectivity index (χ2v) is 6.99. The van der Waals surface area contributed by atoms with Crippen LogP contribution in [-0.4, -0.2) is 28.6 Å². The van der Waals surface area contributed by atoms with Gasteiger partial charge < -0.3 is 15.4 Å². The quantitative estimate of drug-likeness (QED) is 0.558. The van der Waals surface area contributed by atoms with Gasteiger partial charge in [-0.05, 0) is 32.8 Å². The average molecular weight is 362 g/mol. The number of hydrogen-bond acceptors (Lipinski definition) is 5. The molecule has 0 unspecified atom stereocenters. The molecule has 0 aliphatic carbocycles. The Morgan fingerprint density at radius 1 is 1.20 bits per heavy atom. The first kappa shape index (κ1) is 19.2. The van der Waals surface area contributed by atoms with Crippen molar-refractivity contribution in [1.29, 1.82) is 0 Å².